The van der Waals surface area contributed by atoms with Gasteiger partial charge in [0.15, 0.2) is 0 Å². The molecule has 0 radical (unpaired) electrons. The molecule has 0 saturated carbocycles. The molecule has 1 fully saturated rings. The van der Waals surface area contributed by atoms with Gasteiger partial charge in [0.25, 0.3) is 0 Å². The second-order valence-corrected chi connectivity index (χ2v) is 7.94. The minimum Gasteiger partial charge on any atom is -0.382 e. The van der Waals surface area contributed by atoms with Crippen LogP contribution in [0.2, 0.25) is 0 Å². The second kappa shape index (κ2) is 7.91. The van der Waals surface area contributed by atoms with Gasteiger partial charge in [0, 0.05) is 37.5 Å². The van der Waals surface area contributed by atoms with E-state index in [9.17, 15) is 4.79 Å². The van der Waals surface area contributed by atoms with Gasteiger partial charge >= 0.3 is 0 Å². The molecule has 122 valence electrons. The monoisotopic (exact) mass is 320 g/mol. The van der Waals surface area contributed by atoms with Crippen LogP contribution in [0.5, 0.6) is 0 Å². The van der Waals surface area contributed by atoms with Crippen molar-refractivity contribution in [1.29, 1.82) is 0 Å². The molecule has 1 aliphatic heterocycles. The fraction of sp³-hybridized carbons (Fsp3) is 0.611. The van der Waals surface area contributed by atoms with Crippen LogP contribution in [-0.4, -0.2) is 35.2 Å². The molecular weight excluding hydrogens is 292 g/mol. The first kappa shape index (κ1) is 17.2. The summed E-state index contributed by atoms with van der Waals surface area (Å²) in [5, 5.41) is 4.35. The maximum atomic E-state index is 11.4. The van der Waals surface area contributed by atoms with E-state index in [0.29, 0.717) is 11.3 Å². The Balaban J connectivity index is 1.96. The summed E-state index contributed by atoms with van der Waals surface area (Å²) >= 11 is 1.98. The van der Waals surface area contributed by atoms with Crippen LogP contribution in [0.3, 0.4) is 0 Å². The molecule has 0 atom stereocenters. The number of benzene rings is 1. The molecule has 1 amide bonds. The number of hydrogen-bond acceptors (Lipinski definition) is 3. The van der Waals surface area contributed by atoms with Crippen LogP contribution in [-0.2, 0) is 10.5 Å². The summed E-state index contributed by atoms with van der Waals surface area (Å²) in [6.45, 7) is 10.1. The Morgan fingerprint density at radius 3 is 2.64 bits per heavy atom. The number of amides is 1. The smallest absolute Gasteiger partial charge is 0.219 e. The van der Waals surface area contributed by atoms with E-state index in [0.717, 1.165) is 31.7 Å². The van der Waals surface area contributed by atoms with Crippen molar-refractivity contribution < 1.29 is 4.79 Å². The fourth-order valence-electron chi connectivity index (χ4n) is 2.81. The van der Waals surface area contributed by atoms with Gasteiger partial charge in [-0.25, -0.2) is 0 Å². The molecule has 3 nitrogen and oxygen atoms in total. The van der Waals surface area contributed by atoms with Crippen LogP contribution < -0.4 is 5.32 Å². The van der Waals surface area contributed by atoms with Crippen LogP contribution in [0.25, 0.3) is 0 Å². The second-order valence-electron chi connectivity index (χ2n) is 6.37. The van der Waals surface area contributed by atoms with Gasteiger partial charge < -0.3 is 10.2 Å². The summed E-state index contributed by atoms with van der Waals surface area (Å²) in [6.07, 6.45) is 2.06. The highest BCUT2D eigenvalue weighted by atomic mass is 32.2. The van der Waals surface area contributed by atoms with Gasteiger partial charge in [-0.15, -0.1) is 0 Å². The van der Waals surface area contributed by atoms with Crippen molar-refractivity contribution in [3.05, 3.63) is 29.3 Å². The van der Waals surface area contributed by atoms with E-state index < -0.39 is 0 Å². The lowest BCUT2D eigenvalue weighted by atomic mass is 10.0. The van der Waals surface area contributed by atoms with E-state index in [4.69, 9.17) is 0 Å². The predicted molar refractivity (Wildman–Crippen MR) is 96.5 cm³/mol. The largest absolute Gasteiger partial charge is 0.382 e. The number of rotatable bonds is 5. The zero-order valence-electron chi connectivity index (χ0n) is 14.2. The van der Waals surface area contributed by atoms with Crippen molar-refractivity contribution >= 4 is 23.4 Å². The number of hydrogen-bond donors (Lipinski definition) is 1. The molecular formula is C18H28N2OS. The van der Waals surface area contributed by atoms with E-state index in [1.54, 1.807) is 6.92 Å². The molecule has 1 aromatic carbocycles. The van der Waals surface area contributed by atoms with Crippen LogP contribution in [0.1, 0.15) is 44.7 Å². The number of carbonyl (C=O) groups excluding carboxylic acids is 1. The summed E-state index contributed by atoms with van der Waals surface area (Å²) in [5.74, 6) is 1.27. The zero-order valence-corrected chi connectivity index (χ0v) is 15.0. The third-order valence-electron chi connectivity index (χ3n) is 4.32. The maximum Gasteiger partial charge on any atom is 0.219 e. The molecule has 0 bridgehead atoms. The Bertz CT molecular complexity index is 508. The van der Waals surface area contributed by atoms with Crippen molar-refractivity contribution in [2.24, 2.45) is 0 Å². The van der Waals surface area contributed by atoms with E-state index >= 15 is 0 Å². The first-order chi connectivity index (χ1) is 10.5. The maximum absolute atomic E-state index is 11.4. The Hall–Kier alpha value is -1.16. The van der Waals surface area contributed by atoms with Crippen molar-refractivity contribution in [2.75, 3.05) is 18.4 Å². The number of likely N-dealkylation sites (tertiary alicyclic amines) is 1. The van der Waals surface area contributed by atoms with E-state index in [1.807, 2.05) is 16.7 Å². The molecule has 4 heteroatoms. The van der Waals surface area contributed by atoms with E-state index in [1.165, 1.54) is 16.8 Å². The molecule has 1 saturated heterocycles. The molecule has 22 heavy (non-hydrogen) atoms. The third kappa shape index (κ3) is 4.67. The summed E-state index contributed by atoms with van der Waals surface area (Å²) < 4.78 is 0. The van der Waals surface area contributed by atoms with Gasteiger partial charge in [0.1, 0.15) is 0 Å². The topological polar surface area (TPSA) is 32.3 Å². The van der Waals surface area contributed by atoms with Gasteiger partial charge in [-0.05, 0) is 42.2 Å². The SMILES string of the molecule is CC(=O)N1CCC(Nc2cccc(CSC(C)C)c2C)CC1. The quantitative estimate of drug-likeness (QED) is 0.888. The Morgan fingerprint density at radius 2 is 2.05 bits per heavy atom. The number of nitrogens with one attached hydrogen (secondary N) is 1. The lowest BCUT2D eigenvalue weighted by Gasteiger charge is -2.32. The molecule has 0 aromatic heterocycles. The standard InChI is InChI=1S/C18H28N2OS/c1-13(2)22-12-16-6-5-7-18(14(16)3)19-17-8-10-20(11-9-17)15(4)21/h5-7,13,17,19H,8-12H2,1-4H3. The fourth-order valence-corrected chi connectivity index (χ4v) is 3.64. The molecule has 1 heterocycles. The van der Waals surface area contributed by atoms with Crippen LogP contribution in [0.4, 0.5) is 5.69 Å². The molecule has 0 aliphatic carbocycles. The molecule has 1 N–H and O–H groups in total. The first-order valence-electron chi connectivity index (χ1n) is 8.19. The Labute approximate surface area is 138 Å². The summed E-state index contributed by atoms with van der Waals surface area (Å²) in [4.78, 5) is 13.3. The highest BCUT2D eigenvalue weighted by Gasteiger charge is 2.21. The summed E-state index contributed by atoms with van der Waals surface area (Å²) in [7, 11) is 0. The van der Waals surface area contributed by atoms with Gasteiger partial charge in [-0.3, -0.25) is 4.79 Å². The summed E-state index contributed by atoms with van der Waals surface area (Å²) in [6, 6.07) is 7.03. The van der Waals surface area contributed by atoms with Gasteiger partial charge in [0.2, 0.25) is 5.91 Å². The molecule has 2 rings (SSSR count). The third-order valence-corrected chi connectivity index (χ3v) is 5.46. The van der Waals surface area contributed by atoms with E-state index in [2.05, 4.69) is 44.3 Å². The number of nitrogens with zero attached hydrogens (tertiary/aromatic N) is 1. The van der Waals surface area contributed by atoms with Crippen molar-refractivity contribution in [1.82, 2.24) is 4.90 Å². The number of piperidine rings is 1. The Morgan fingerprint density at radius 1 is 1.36 bits per heavy atom. The molecule has 0 spiro atoms. The average molecular weight is 321 g/mol. The number of anilines is 1. The minimum absolute atomic E-state index is 0.197. The lowest BCUT2D eigenvalue weighted by Crippen LogP contribution is -2.41. The van der Waals surface area contributed by atoms with Gasteiger partial charge in [-0.2, -0.15) is 11.8 Å². The van der Waals surface area contributed by atoms with Crippen LogP contribution in [0, 0.1) is 6.92 Å². The predicted octanol–water partition coefficient (Wildman–Crippen LogP) is 4.06. The van der Waals surface area contributed by atoms with Gasteiger partial charge in [0.05, 0.1) is 0 Å². The average Bonchev–Trinajstić information content (AvgIpc) is 2.48. The first-order valence-corrected chi connectivity index (χ1v) is 9.24. The van der Waals surface area contributed by atoms with Crippen molar-refractivity contribution in [3.63, 3.8) is 0 Å². The lowest BCUT2D eigenvalue weighted by molar-refractivity contribution is -0.129. The summed E-state index contributed by atoms with van der Waals surface area (Å²) in [5.41, 5.74) is 4.04. The van der Waals surface area contributed by atoms with E-state index in [-0.39, 0.29) is 5.91 Å². The van der Waals surface area contributed by atoms with Gasteiger partial charge in [-0.1, -0.05) is 26.0 Å². The molecule has 1 aromatic rings. The van der Waals surface area contributed by atoms with Crippen LogP contribution in [0.15, 0.2) is 18.2 Å². The normalized spacial score (nSPS) is 16.1. The number of thioether (sulfide) groups is 1. The highest BCUT2D eigenvalue weighted by molar-refractivity contribution is 7.99. The molecule has 1 aliphatic rings. The highest BCUT2D eigenvalue weighted by Crippen LogP contribution is 2.26. The molecule has 0 unspecified atom stereocenters. The number of carbonyl (C=O) groups is 1. The zero-order chi connectivity index (χ0) is 16.1. The van der Waals surface area contributed by atoms with Crippen LogP contribution >= 0.6 is 11.8 Å². The minimum atomic E-state index is 0.197. The van der Waals surface area contributed by atoms with Crippen molar-refractivity contribution in [2.45, 2.75) is 57.6 Å². The Kier molecular flexibility index (Phi) is 6.18. The van der Waals surface area contributed by atoms with Crippen molar-refractivity contribution in [3.8, 4) is 0 Å².